The molecular weight excluding hydrogens is 288 g/mol. The molecule has 1 aliphatic rings. The van der Waals surface area contributed by atoms with Crippen molar-refractivity contribution in [3.8, 4) is 0 Å². The molecule has 0 aliphatic carbocycles. The fourth-order valence-corrected chi connectivity index (χ4v) is 1.98. The number of hydrazone groups is 1. The van der Waals surface area contributed by atoms with Gasteiger partial charge < -0.3 is 14.5 Å². The number of amides is 2. The Labute approximate surface area is 128 Å². The first-order valence-electron chi connectivity index (χ1n) is 7.20. The molecule has 0 radical (unpaired) electrons. The first-order chi connectivity index (χ1) is 10.8. The monoisotopic (exact) mass is 308 g/mol. The summed E-state index contributed by atoms with van der Waals surface area (Å²) >= 11 is 0. The molecule has 1 aliphatic heterocycles. The van der Waals surface area contributed by atoms with E-state index in [9.17, 15) is 9.59 Å². The summed E-state index contributed by atoms with van der Waals surface area (Å²) in [6, 6.07) is 3.38. The zero-order valence-corrected chi connectivity index (χ0v) is 12.3. The van der Waals surface area contributed by atoms with Gasteiger partial charge in [-0.1, -0.05) is 0 Å². The van der Waals surface area contributed by atoms with Crippen molar-refractivity contribution in [2.45, 2.75) is 6.42 Å². The quantitative estimate of drug-likeness (QED) is 0.322. The van der Waals surface area contributed by atoms with Crippen molar-refractivity contribution >= 4 is 18.0 Å². The lowest BCUT2D eigenvalue weighted by Gasteiger charge is -2.26. The van der Waals surface area contributed by atoms with Crippen molar-refractivity contribution < 1.29 is 18.7 Å². The highest BCUT2D eigenvalue weighted by molar-refractivity contribution is 6.35. The van der Waals surface area contributed by atoms with Gasteiger partial charge in [0.05, 0.1) is 25.7 Å². The maximum Gasteiger partial charge on any atom is 0.329 e. The number of hydrogen-bond donors (Lipinski definition) is 2. The molecule has 0 spiro atoms. The molecule has 2 amide bonds. The van der Waals surface area contributed by atoms with E-state index < -0.39 is 11.8 Å². The molecule has 8 heteroatoms. The largest absolute Gasteiger partial charge is 0.463 e. The maximum absolute atomic E-state index is 11.5. The molecule has 1 fully saturated rings. The molecule has 2 N–H and O–H groups in total. The van der Waals surface area contributed by atoms with Crippen LogP contribution < -0.4 is 10.7 Å². The van der Waals surface area contributed by atoms with Crippen LogP contribution in [0.15, 0.2) is 27.9 Å². The lowest BCUT2D eigenvalue weighted by Crippen LogP contribution is -2.40. The number of carbonyl (C=O) groups is 2. The minimum Gasteiger partial charge on any atom is -0.463 e. The van der Waals surface area contributed by atoms with Gasteiger partial charge >= 0.3 is 11.8 Å². The van der Waals surface area contributed by atoms with Gasteiger partial charge in [-0.15, -0.1) is 0 Å². The van der Waals surface area contributed by atoms with E-state index in [1.807, 2.05) is 0 Å². The van der Waals surface area contributed by atoms with Gasteiger partial charge in [0.25, 0.3) is 0 Å². The highest BCUT2D eigenvalue weighted by Gasteiger charge is 2.13. The van der Waals surface area contributed by atoms with Gasteiger partial charge in [-0.25, -0.2) is 5.43 Å². The fourth-order valence-electron chi connectivity index (χ4n) is 1.98. The van der Waals surface area contributed by atoms with Gasteiger partial charge in [0.15, 0.2) is 0 Å². The Balaban J connectivity index is 1.57. The van der Waals surface area contributed by atoms with Gasteiger partial charge in [0.2, 0.25) is 0 Å². The van der Waals surface area contributed by atoms with E-state index in [-0.39, 0.29) is 0 Å². The average Bonchev–Trinajstić information content (AvgIpc) is 3.05. The van der Waals surface area contributed by atoms with Crippen LogP contribution in [-0.2, 0) is 14.3 Å². The molecule has 1 aromatic heterocycles. The third-order valence-electron chi connectivity index (χ3n) is 3.15. The first-order valence-corrected chi connectivity index (χ1v) is 7.20. The Morgan fingerprint density at radius 3 is 2.86 bits per heavy atom. The highest BCUT2D eigenvalue weighted by Crippen LogP contribution is 1.97. The number of nitrogens with zero attached hydrogens (tertiary/aromatic N) is 2. The topological polar surface area (TPSA) is 96.2 Å². The minimum absolute atomic E-state index is 0.450. The summed E-state index contributed by atoms with van der Waals surface area (Å²) in [5.41, 5.74) is 2.14. The second-order valence-electron chi connectivity index (χ2n) is 4.78. The zero-order valence-electron chi connectivity index (χ0n) is 12.3. The van der Waals surface area contributed by atoms with E-state index in [0.29, 0.717) is 12.3 Å². The van der Waals surface area contributed by atoms with E-state index in [2.05, 4.69) is 20.7 Å². The molecule has 2 rings (SSSR count). The Bertz CT molecular complexity index is 495. The third kappa shape index (κ3) is 5.66. The highest BCUT2D eigenvalue weighted by atomic mass is 16.5. The van der Waals surface area contributed by atoms with E-state index in [0.717, 1.165) is 39.3 Å². The van der Waals surface area contributed by atoms with Crippen LogP contribution in [0.25, 0.3) is 0 Å². The van der Waals surface area contributed by atoms with Crippen molar-refractivity contribution in [1.29, 1.82) is 0 Å². The SMILES string of the molecule is O=C(NCCCN1CCOCC1)C(=O)N/N=C\c1ccco1. The second-order valence-corrected chi connectivity index (χ2v) is 4.78. The summed E-state index contributed by atoms with van der Waals surface area (Å²) in [7, 11) is 0. The van der Waals surface area contributed by atoms with E-state index >= 15 is 0 Å². The van der Waals surface area contributed by atoms with Crippen LogP contribution in [0, 0.1) is 0 Å². The third-order valence-corrected chi connectivity index (χ3v) is 3.15. The predicted molar refractivity (Wildman–Crippen MR) is 79.3 cm³/mol. The molecule has 0 bridgehead atoms. The van der Waals surface area contributed by atoms with Crippen molar-refractivity contribution in [1.82, 2.24) is 15.6 Å². The molecule has 120 valence electrons. The van der Waals surface area contributed by atoms with Crippen molar-refractivity contribution in [3.63, 3.8) is 0 Å². The van der Waals surface area contributed by atoms with Crippen LogP contribution in [-0.4, -0.2) is 62.3 Å². The lowest BCUT2D eigenvalue weighted by atomic mass is 10.3. The number of morpholine rings is 1. The molecule has 1 saturated heterocycles. The number of nitrogens with one attached hydrogen (secondary N) is 2. The number of hydrogen-bond acceptors (Lipinski definition) is 6. The molecule has 0 atom stereocenters. The average molecular weight is 308 g/mol. The Morgan fingerprint density at radius 1 is 1.32 bits per heavy atom. The van der Waals surface area contributed by atoms with Crippen LogP contribution in [0.4, 0.5) is 0 Å². The van der Waals surface area contributed by atoms with E-state index in [1.54, 1.807) is 12.1 Å². The van der Waals surface area contributed by atoms with Crippen LogP contribution in [0.3, 0.4) is 0 Å². The van der Waals surface area contributed by atoms with E-state index in [4.69, 9.17) is 9.15 Å². The van der Waals surface area contributed by atoms with Crippen molar-refractivity contribution in [2.24, 2.45) is 5.10 Å². The molecule has 0 saturated carbocycles. The van der Waals surface area contributed by atoms with Crippen LogP contribution >= 0.6 is 0 Å². The van der Waals surface area contributed by atoms with Crippen LogP contribution in [0.2, 0.25) is 0 Å². The molecule has 0 unspecified atom stereocenters. The zero-order chi connectivity index (χ0) is 15.6. The maximum atomic E-state index is 11.5. The van der Waals surface area contributed by atoms with E-state index in [1.165, 1.54) is 12.5 Å². The number of carbonyl (C=O) groups excluding carboxylic acids is 2. The number of ether oxygens (including phenoxy) is 1. The van der Waals surface area contributed by atoms with Crippen molar-refractivity contribution in [2.75, 3.05) is 39.4 Å². The number of furan rings is 1. The van der Waals surface area contributed by atoms with Gasteiger partial charge in [-0.05, 0) is 25.1 Å². The summed E-state index contributed by atoms with van der Waals surface area (Å²) in [5.74, 6) is -1.00. The van der Waals surface area contributed by atoms with Gasteiger partial charge in [-0.2, -0.15) is 5.10 Å². The summed E-state index contributed by atoms with van der Waals surface area (Å²) < 4.78 is 10.3. The summed E-state index contributed by atoms with van der Waals surface area (Å²) in [4.78, 5) is 25.3. The summed E-state index contributed by atoms with van der Waals surface area (Å²) in [5, 5.41) is 6.19. The predicted octanol–water partition coefficient (Wildman–Crippen LogP) is -0.432. The second kappa shape index (κ2) is 8.96. The van der Waals surface area contributed by atoms with Gasteiger partial charge in [0.1, 0.15) is 5.76 Å². The van der Waals surface area contributed by atoms with Crippen LogP contribution in [0.1, 0.15) is 12.2 Å². The van der Waals surface area contributed by atoms with Gasteiger partial charge in [-0.3, -0.25) is 14.5 Å². The Hall–Kier alpha value is -2.19. The number of rotatable bonds is 6. The normalized spacial score (nSPS) is 15.8. The minimum atomic E-state index is -0.797. The summed E-state index contributed by atoms with van der Waals surface area (Å²) in [6.45, 7) is 4.66. The molecule has 1 aromatic rings. The lowest BCUT2D eigenvalue weighted by molar-refractivity contribution is -0.139. The smallest absolute Gasteiger partial charge is 0.329 e. The molecular formula is C14H20N4O4. The fraction of sp³-hybridized carbons (Fsp3) is 0.500. The first kappa shape index (κ1) is 16.2. The standard InChI is InChI=1S/C14H20N4O4/c19-13(14(20)17-16-11-12-3-1-8-22-12)15-4-2-5-18-6-9-21-10-7-18/h1,3,8,11H,2,4-7,9-10H2,(H,15,19)(H,17,20)/b16-11-. The van der Waals surface area contributed by atoms with Crippen molar-refractivity contribution in [3.05, 3.63) is 24.2 Å². The molecule has 8 nitrogen and oxygen atoms in total. The Kier molecular flexibility index (Phi) is 6.59. The Morgan fingerprint density at radius 2 is 2.14 bits per heavy atom. The summed E-state index contributed by atoms with van der Waals surface area (Å²) in [6.07, 6.45) is 3.60. The molecule has 22 heavy (non-hydrogen) atoms. The van der Waals surface area contributed by atoms with Gasteiger partial charge in [0, 0.05) is 19.6 Å². The molecule has 2 heterocycles. The van der Waals surface area contributed by atoms with Crippen LogP contribution in [0.5, 0.6) is 0 Å². The molecule has 0 aromatic carbocycles.